The van der Waals surface area contributed by atoms with Gasteiger partial charge in [-0.15, -0.1) is 0 Å². The average molecular weight is 687 g/mol. The Morgan fingerprint density at radius 3 is 1.73 bits per heavy atom. The highest BCUT2D eigenvalue weighted by Crippen LogP contribution is 2.60. The molecule has 0 bridgehead atoms. The molecule has 2 fully saturated rings. The molecule has 0 saturated carbocycles. The van der Waals surface area contributed by atoms with Crippen molar-refractivity contribution < 1.29 is 28.2 Å². The predicted octanol–water partition coefficient (Wildman–Crippen LogP) is 2.55. The smallest absolute Gasteiger partial charge is 0.363 e. The van der Waals surface area contributed by atoms with Crippen LogP contribution in [0.2, 0.25) is 0 Å². The topological polar surface area (TPSA) is 281 Å². The number of aromatic amines is 2. The predicted molar refractivity (Wildman–Crippen MR) is 166 cm³/mol. The number of aliphatic hydroxyl groups is 1. The number of ether oxygens (including phenoxy) is 2. The van der Waals surface area contributed by atoms with Crippen molar-refractivity contribution in [1.29, 1.82) is 0 Å². The van der Waals surface area contributed by atoms with E-state index in [0.717, 1.165) is 9.13 Å². The van der Waals surface area contributed by atoms with Crippen LogP contribution in [0.5, 0.6) is 0 Å². The van der Waals surface area contributed by atoms with Crippen LogP contribution in [0.25, 0.3) is 20.9 Å². The molecule has 4 heterocycles. The summed E-state index contributed by atoms with van der Waals surface area (Å²) in [6.07, 6.45) is -1.49. The van der Waals surface area contributed by atoms with Crippen LogP contribution in [-0.4, -0.2) is 61.7 Å². The number of H-pyrrole nitrogens is 2. The van der Waals surface area contributed by atoms with Gasteiger partial charge in [0.25, 0.3) is 11.1 Å². The molecule has 2 saturated heterocycles. The lowest BCUT2D eigenvalue weighted by Crippen LogP contribution is -2.33. The third-order valence-corrected chi connectivity index (χ3v) is 9.87. The van der Waals surface area contributed by atoms with Gasteiger partial charge < -0.3 is 23.6 Å². The zero-order valence-corrected chi connectivity index (χ0v) is 26.5. The first kappa shape index (κ1) is 34.6. The van der Waals surface area contributed by atoms with Gasteiger partial charge in [-0.25, -0.2) is 9.59 Å². The summed E-state index contributed by atoms with van der Waals surface area (Å²) < 4.78 is 40.0. The number of rotatable bonds is 12. The third kappa shape index (κ3) is 7.36. The number of hydrogen-bond acceptors (Lipinski definition) is 12. The standard InChI is InChI=1S/C27H31N10O10P/c1-14-10-36(26(41)30-23(14)38)21-8-17(32-34-28)19(46-21)12-44-48(43,25(40)16-6-4-3-5-7-16)45-13-20-18(33-35-29)9-22(47-20)37-11-15(2)24(39)31-27(37)42/h3-7,10-11,17-22,25,40H,8-9,12-13H2,1-2H3,(H,30,38,41)(H,31,39,42)/t17-,18-,19+,20+,21+,22+,25?/m0/s1. The highest BCUT2D eigenvalue weighted by molar-refractivity contribution is 7.54. The first-order valence-electron chi connectivity index (χ1n) is 14.6. The Labute approximate surface area is 269 Å². The molecular weight excluding hydrogens is 655 g/mol. The first-order chi connectivity index (χ1) is 22.9. The Morgan fingerprint density at radius 2 is 1.31 bits per heavy atom. The van der Waals surface area contributed by atoms with Gasteiger partial charge in [0, 0.05) is 46.2 Å². The lowest BCUT2D eigenvalue weighted by molar-refractivity contribution is -0.0375. The van der Waals surface area contributed by atoms with Gasteiger partial charge in [-0.05, 0) is 30.5 Å². The molecule has 0 radical (unpaired) electrons. The molecule has 2 aliphatic rings. The van der Waals surface area contributed by atoms with Crippen molar-refractivity contribution in [3.8, 4) is 0 Å². The number of hydrogen-bond donors (Lipinski definition) is 3. The van der Waals surface area contributed by atoms with Gasteiger partial charge in [-0.3, -0.25) is 33.3 Å². The molecule has 2 aromatic heterocycles. The number of aromatic nitrogens is 4. The molecule has 1 unspecified atom stereocenters. The molecule has 3 N–H and O–H groups in total. The van der Waals surface area contributed by atoms with E-state index in [4.69, 9.17) is 29.6 Å². The van der Waals surface area contributed by atoms with Gasteiger partial charge >= 0.3 is 19.0 Å². The Morgan fingerprint density at radius 1 is 0.875 bits per heavy atom. The summed E-state index contributed by atoms with van der Waals surface area (Å²) in [6.45, 7) is 1.93. The summed E-state index contributed by atoms with van der Waals surface area (Å²) >= 11 is 0. The highest BCUT2D eigenvalue weighted by Gasteiger charge is 2.44. The van der Waals surface area contributed by atoms with E-state index in [9.17, 15) is 28.8 Å². The monoisotopic (exact) mass is 686 g/mol. The second kappa shape index (κ2) is 14.6. The van der Waals surface area contributed by atoms with Crippen LogP contribution in [0.1, 0.15) is 47.8 Å². The molecular formula is C27H31N10O10P. The summed E-state index contributed by atoms with van der Waals surface area (Å²) in [5.41, 5.74) is 16.3. The average Bonchev–Trinajstić information content (AvgIpc) is 3.66. The minimum atomic E-state index is -4.57. The minimum absolute atomic E-state index is 0.00458. The van der Waals surface area contributed by atoms with Crippen LogP contribution < -0.4 is 22.5 Å². The molecule has 0 amide bonds. The van der Waals surface area contributed by atoms with Crippen molar-refractivity contribution in [3.05, 3.63) is 122 Å². The van der Waals surface area contributed by atoms with Gasteiger partial charge in [0.05, 0.1) is 37.5 Å². The van der Waals surface area contributed by atoms with Crippen LogP contribution in [0, 0.1) is 13.8 Å². The first-order valence-corrected chi connectivity index (χ1v) is 16.2. The molecule has 21 heteroatoms. The zero-order valence-electron chi connectivity index (χ0n) is 25.6. The van der Waals surface area contributed by atoms with Crippen molar-refractivity contribution in [2.75, 3.05) is 13.2 Å². The fourth-order valence-electron chi connectivity index (χ4n) is 5.39. The lowest BCUT2D eigenvalue weighted by atomic mass is 10.1. The molecule has 1 aromatic carbocycles. The Hall–Kier alpha value is -4.77. The summed E-state index contributed by atoms with van der Waals surface area (Å²) in [5, 5.41) is 18.7. The van der Waals surface area contributed by atoms with E-state index in [0.29, 0.717) is 0 Å². The van der Waals surface area contributed by atoms with Gasteiger partial charge in [0.15, 0.2) is 5.85 Å². The van der Waals surface area contributed by atoms with E-state index in [2.05, 4.69) is 30.0 Å². The zero-order chi connectivity index (χ0) is 34.6. The molecule has 5 rings (SSSR count). The molecule has 0 spiro atoms. The summed E-state index contributed by atoms with van der Waals surface area (Å²) in [5.74, 6) is -1.82. The van der Waals surface area contributed by atoms with Crippen molar-refractivity contribution >= 4 is 7.60 Å². The normalized spacial score (nSPS) is 25.5. The van der Waals surface area contributed by atoms with Crippen molar-refractivity contribution in [3.63, 3.8) is 0 Å². The summed E-state index contributed by atoms with van der Waals surface area (Å²) in [7, 11) is -4.57. The maximum absolute atomic E-state index is 14.3. The number of nitrogens with zero attached hydrogens (tertiary/aromatic N) is 8. The van der Waals surface area contributed by atoms with Gasteiger partial charge in [0.2, 0.25) is 0 Å². The summed E-state index contributed by atoms with van der Waals surface area (Å²) in [4.78, 5) is 58.7. The molecule has 48 heavy (non-hydrogen) atoms. The molecule has 0 aliphatic carbocycles. The quantitative estimate of drug-likeness (QED) is 0.108. The number of azide groups is 2. The summed E-state index contributed by atoms with van der Waals surface area (Å²) in [6, 6.07) is 6.05. The Bertz CT molecular complexity index is 1920. The van der Waals surface area contributed by atoms with Gasteiger partial charge in [0.1, 0.15) is 12.5 Å². The second-order valence-electron chi connectivity index (χ2n) is 11.1. The number of aryl methyl sites for hydroxylation is 2. The van der Waals surface area contributed by atoms with Gasteiger partial charge in [-0.2, -0.15) is 0 Å². The maximum Gasteiger partial charge on any atom is 0.363 e. The number of nitrogens with one attached hydrogen (secondary N) is 2. The van der Waals surface area contributed by atoms with E-state index in [1.54, 1.807) is 18.2 Å². The van der Waals surface area contributed by atoms with E-state index in [-0.39, 0.29) is 29.5 Å². The van der Waals surface area contributed by atoms with Crippen molar-refractivity contribution in [2.45, 2.75) is 69.3 Å². The Balaban J connectivity index is 1.38. The lowest BCUT2D eigenvalue weighted by Gasteiger charge is -2.27. The van der Waals surface area contributed by atoms with E-state index in [1.165, 1.54) is 38.4 Å². The molecule has 3 aromatic rings. The second-order valence-corrected chi connectivity index (χ2v) is 13.2. The van der Waals surface area contributed by atoms with Crippen LogP contribution in [0.4, 0.5) is 0 Å². The minimum Gasteiger partial charge on any atom is -0.376 e. The number of aliphatic hydroxyl groups excluding tert-OH is 1. The number of benzene rings is 1. The van der Waals surface area contributed by atoms with Crippen LogP contribution in [-0.2, 0) is 23.1 Å². The van der Waals surface area contributed by atoms with E-state index < -0.39 is 85.9 Å². The highest BCUT2D eigenvalue weighted by atomic mass is 31.2. The molecule has 254 valence electrons. The van der Waals surface area contributed by atoms with Crippen molar-refractivity contribution in [1.82, 2.24) is 19.1 Å². The third-order valence-electron chi connectivity index (χ3n) is 7.96. The van der Waals surface area contributed by atoms with E-state index >= 15 is 0 Å². The van der Waals surface area contributed by atoms with E-state index in [1.807, 2.05) is 0 Å². The molecule has 2 aliphatic heterocycles. The van der Waals surface area contributed by atoms with Gasteiger partial charge in [-0.1, -0.05) is 40.6 Å². The Kier molecular flexibility index (Phi) is 10.5. The fourth-order valence-corrected chi connectivity index (χ4v) is 6.99. The SMILES string of the molecule is Cc1cn([C@H]2C[C@H](N=[N+]=[N-])[C@@H](COP(=O)(OC[C@H]3O[C@@H](n4cc(C)c(=O)[nH]c4=O)C[C@@H]3N=[N+]=[N-])C(O)c3ccccc3)O2)c(=O)[nH]c1=O. The van der Waals surface area contributed by atoms with Crippen molar-refractivity contribution in [2.24, 2.45) is 10.2 Å². The van der Waals surface area contributed by atoms with Crippen LogP contribution in [0.15, 0.2) is 72.1 Å². The molecule has 20 nitrogen and oxygen atoms in total. The van der Waals surface area contributed by atoms with Crippen LogP contribution in [0.3, 0.4) is 0 Å². The fraction of sp³-hybridized carbons (Fsp3) is 0.481. The van der Waals surface area contributed by atoms with Crippen LogP contribution >= 0.6 is 7.60 Å². The molecule has 7 atom stereocenters. The largest absolute Gasteiger partial charge is 0.376 e. The maximum atomic E-state index is 14.3.